The van der Waals surface area contributed by atoms with Crippen LogP contribution in [0.3, 0.4) is 0 Å². The fourth-order valence-electron chi connectivity index (χ4n) is 3.28. The molecule has 3 amide bonds. The van der Waals surface area contributed by atoms with E-state index in [0.29, 0.717) is 22.8 Å². The number of nitrogens with one attached hydrogen (secondary N) is 3. The number of rotatable bonds is 6. The van der Waals surface area contributed by atoms with E-state index in [1.54, 1.807) is 30.3 Å². The van der Waals surface area contributed by atoms with Crippen molar-refractivity contribution in [3.8, 4) is 0 Å². The van der Waals surface area contributed by atoms with Gasteiger partial charge in [0.25, 0.3) is 5.91 Å². The molecule has 160 valence electrons. The molecule has 0 bridgehead atoms. The molecular weight excluding hydrogens is 428 g/mol. The first-order valence-corrected chi connectivity index (χ1v) is 12.1. The van der Waals surface area contributed by atoms with Gasteiger partial charge in [-0.2, -0.15) is 11.8 Å². The zero-order chi connectivity index (χ0) is 21.5. The fourth-order valence-corrected chi connectivity index (χ4v) is 4.80. The number of nitrogens with zero attached hydrogens (tertiary/aromatic N) is 1. The van der Waals surface area contributed by atoms with E-state index in [-0.39, 0.29) is 11.9 Å². The van der Waals surface area contributed by atoms with Crippen LogP contribution in [0.5, 0.6) is 0 Å². The lowest BCUT2D eigenvalue weighted by Crippen LogP contribution is -2.32. The van der Waals surface area contributed by atoms with Crippen LogP contribution in [0.15, 0.2) is 66.0 Å². The van der Waals surface area contributed by atoms with Crippen molar-refractivity contribution >= 4 is 52.1 Å². The van der Waals surface area contributed by atoms with Crippen molar-refractivity contribution in [1.29, 1.82) is 0 Å². The van der Waals surface area contributed by atoms with Crippen LogP contribution < -0.4 is 20.9 Å². The number of benzene rings is 2. The topological polar surface area (TPSA) is 73.5 Å². The normalized spacial score (nSPS) is 13.5. The summed E-state index contributed by atoms with van der Waals surface area (Å²) in [4.78, 5) is 27.5. The molecule has 1 saturated heterocycles. The fraction of sp³-hybridized carbons (Fsp3) is 0.217. The lowest BCUT2D eigenvalue weighted by molar-refractivity contribution is 0.103. The van der Waals surface area contributed by atoms with E-state index in [2.05, 4.69) is 45.1 Å². The maximum absolute atomic E-state index is 12.3. The number of urea groups is 1. The van der Waals surface area contributed by atoms with E-state index in [1.165, 1.54) is 28.5 Å². The minimum atomic E-state index is -0.293. The van der Waals surface area contributed by atoms with E-state index in [4.69, 9.17) is 0 Å². The highest BCUT2D eigenvalue weighted by Gasteiger charge is 2.11. The summed E-state index contributed by atoms with van der Waals surface area (Å²) in [6.07, 6.45) is 0. The molecule has 1 aliphatic heterocycles. The van der Waals surface area contributed by atoms with Gasteiger partial charge in [0.15, 0.2) is 0 Å². The molecule has 31 heavy (non-hydrogen) atoms. The Kier molecular flexibility index (Phi) is 7.11. The molecule has 3 N–H and O–H groups in total. The summed E-state index contributed by atoms with van der Waals surface area (Å²) in [5.74, 6) is 2.17. The van der Waals surface area contributed by atoms with Gasteiger partial charge in [0.05, 0.1) is 4.88 Å². The van der Waals surface area contributed by atoms with Crippen LogP contribution in [0.2, 0.25) is 0 Å². The number of thioether (sulfide) groups is 1. The highest BCUT2D eigenvalue weighted by molar-refractivity contribution is 7.99. The van der Waals surface area contributed by atoms with Crippen molar-refractivity contribution in [1.82, 2.24) is 5.32 Å². The van der Waals surface area contributed by atoms with Crippen LogP contribution in [0.1, 0.15) is 15.2 Å². The Balaban J connectivity index is 1.27. The summed E-state index contributed by atoms with van der Waals surface area (Å²) < 4.78 is 0. The lowest BCUT2D eigenvalue weighted by atomic mass is 10.2. The maximum atomic E-state index is 12.3. The van der Waals surface area contributed by atoms with Gasteiger partial charge in [-0.3, -0.25) is 4.79 Å². The molecule has 1 aromatic heterocycles. The van der Waals surface area contributed by atoms with Gasteiger partial charge in [0, 0.05) is 48.2 Å². The van der Waals surface area contributed by atoms with Crippen molar-refractivity contribution in [2.45, 2.75) is 6.54 Å². The van der Waals surface area contributed by atoms with Gasteiger partial charge in [-0.1, -0.05) is 24.3 Å². The van der Waals surface area contributed by atoms with Crippen LogP contribution in [0.4, 0.5) is 21.9 Å². The molecule has 0 radical (unpaired) electrons. The second kappa shape index (κ2) is 10.4. The minimum absolute atomic E-state index is 0.164. The number of thiophene rings is 1. The van der Waals surface area contributed by atoms with Gasteiger partial charge >= 0.3 is 6.03 Å². The Bertz CT molecular complexity index is 1020. The average molecular weight is 453 g/mol. The molecule has 0 spiro atoms. The predicted octanol–water partition coefficient (Wildman–Crippen LogP) is 4.88. The van der Waals surface area contributed by atoms with Crippen molar-refractivity contribution < 1.29 is 9.59 Å². The summed E-state index contributed by atoms with van der Waals surface area (Å²) in [5, 5.41) is 10.4. The molecule has 8 heteroatoms. The number of carbonyl (C=O) groups is 2. The zero-order valence-electron chi connectivity index (χ0n) is 17.0. The summed E-state index contributed by atoms with van der Waals surface area (Å²) in [6.45, 7) is 2.60. The van der Waals surface area contributed by atoms with E-state index in [0.717, 1.165) is 18.7 Å². The van der Waals surface area contributed by atoms with Crippen LogP contribution >= 0.6 is 23.1 Å². The molecular formula is C23H24N4O2S2. The molecule has 0 aliphatic carbocycles. The van der Waals surface area contributed by atoms with Crippen molar-refractivity contribution in [3.63, 3.8) is 0 Å². The van der Waals surface area contributed by atoms with Gasteiger partial charge in [0.1, 0.15) is 0 Å². The number of hydrogen-bond donors (Lipinski definition) is 3. The molecule has 4 rings (SSSR count). The predicted molar refractivity (Wildman–Crippen MR) is 131 cm³/mol. The Morgan fingerprint density at radius 1 is 0.903 bits per heavy atom. The minimum Gasteiger partial charge on any atom is -0.370 e. The highest BCUT2D eigenvalue weighted by atomic mass is 32.2. The second-order valence-corrected chi connectivity index (χ2v) is 9.26. The van der Waals surface area contributed by atoms with Crippen molar-refractivity contribution in [2.24, 2.45) is 0 Å². The van der Waals surface area contributed by atoms with Crippen LogP contribution in [0.25, 0.3) is 0 Å². The first-order valence-electron chi connectivity index (χ1n) is 10.1. The van der Waals surface area contributed by atoms with Gasteiger partial charge in [0.2, 0.25) is 0 Å². The number of amides is 3. The molecule has 2 heterocycles. The average Bonchev–Trinajstić information content (AvgIpc) is 3.34. The van der Waals surface area contributed by atoms with Crippen LogP contribution in [-0.2, 0) is 6.54 Å². The smallest absolute Gasteiger partial charge is 0.319 e. The van der Waals surface area contributed by atoms with Crippen LogP contribution in [0, 0.1) is 0 Å². The van der Waals surface area contributed by atoms with E-state index in [1.807, 2.05) is 23.2 Å². The Hall–Kier alpha value is -2.97. The summed E-state index contributed by atoms with van der Waals surface area (Å²) >= 11 is 3.38. The molecule has 2 aromatic carbocycles. The maximum Gasteiger partial charge on any atom is 0.319 e. The summed E-state index contributed by atoms with van der Waals surface area (Å²) in [6, 6.07) is 18.7. The van der Waals surface area contributed by atoms with E-state index >= 15 is 0 Å². The number of hydrogen-bond acceptors (Lipinski definition) is 5. The number of carbonyl (C=O) groups excluding carboxylic acids is 2. The molecule has 0 unspecified atom stereocenters. The standard InChI is InChI=1S/C23H24N4O2S2/c28-22(21-5-2-12-31-21)25-18-3-1-4-19(15-18)26-23(29)24-16-17-6-8-20(9-7-17)27-10-13-30-14-11-27/h1-9,12,15H,10-11,13-14,16H2,(H,25,28)(H2,24,26,29). The van der Waals surface area contributed by atoms with Gasteiger partial charge in [-0.25, -0.2) is 4.79 Å². The Morgan fingerprint density at radius 3 is 2.35 bits per heavy atom. The largest absolute Gasteiger partial charge is 0.370 e. The van der Waals surface area contributed by atoms with Gasteiger partial charge in [-0.05, 0) is 47.3 Å². The Morgan fingerprint density at radius 2 is 1.65 bits per heavy atom. The number of anilines is 3. The highest BCUT2D eigenvalue weighted by Crippen LogP contribution is 2.20. The van der Waals surface area contributed by atoms with Gasteiger partial charge in [-0.15, -0.1) is 11.3 Å². The van der Waals surface area contributed by atoms with Crippen LogP contribution in [-0.4, -0.2) is 36.5 Å². The summed E-state index contributed by atoms with van der Waals surface area (Å²) in [7, 11) is 0. The zero-order valence-corrected chi connectivity index (χ0v) is 18.6. The monoisotopic (exact) mass is 452 g/mol. The first-order chi connectivity index (χ1) is 15.2. The van der Waals surface area contributed by atoms with E-state index < -0.39 is 0 Å². The molecule has 0 saturated carbocycles. The SMILES string of the molecule is O=C(NCc1ccc(N2CCSCC2)cc1)Nc1cccc(NC(=O)c2cccs2)c1. The molecule has 6 nitrogen and oxygen atoms in total. The molecule has 1 aliphatic rings. The van der Waals surface area contributed by atoms with Crippen molar-refractivity contribution in [2.75, 3.05) is 40.1 Å². The second-order valence-electron chi connectivity index (χ2n) is 7.09. The quantitative estimate of drug-likeness (QED) is 0.499. The third-order valence-electron chi connectivity index (χ3n) is 4.89. The molecule has 1 fully saturated rings. The Labute approximate surface area is 190 Å². The summed E-state index contributed by atoms with van der Waals surface area (Å²) in [5.41, 5.74) is 3.51. The molecule has 0 atom stereocenters. The molecule has 3 aromatic rings. The third kappa shape index (κ3) is 6.02. The van der Waals surface area contributed by atoms with Crippen molar-refractivity contribution in [3.05, 3.63) is 76.5 Å². The van der Waals surface area contributed by atoms with Gasteiger partial charge < -0.3 is 20.9 Å². The van der Waals surface area contributed by atoms with E-state index in [9.17, 15) is 9.59 Å². The lowest BCUT2D eigenvalue weighted by Gasteiger charge is -2.28. The first kappa shape index (κ1) is 21.3. The third-order valence-corrected chi connectivity index (χ3v) is 6.70.